The SMILES string of the molecule is CCCC(COC)NCCCC(C)(C)C#N. The van der Waals surface area contributed by atoms with Gasteiger partial charge in [0.25, 0.3) is 0 Å². The molecule has 3 nitrogen and oxygen atoms in total. The lowest BCUT2D eigenvalue weighted by molar-refractivity contribution is 0.161. The van der Waals surface area contributed by atoms with Crippen molar-refractivity contribution >= 4 is 0 Å². The minimum Gasteiger partial charge on any atom is -0.383 e. The van der Waals surface area contributed by atoms with Crippen LogP contribution in [-0.4, -0.2) is 26.3 Å². The van der Waals surface area contributed by atoms with Crippen molar-refractivity contribution in [3.63, 3.8) is 0 Å². The van der Waals surface area contributed by atoms with E-state index < -0.39 is 0 Å². The first-order valence-corrected chi connectivity index (χ1v) is 6.19. The van der Waals surface area contributed by atoms with E-state index in [9.17, 15) is 0 Å². The number of rotatable bonds is 9. The van der Waals surface area contributed by atoms with Gasteiger partial charge < -0.3 is 10.1 Å². The summed E-state index contributed by atoms with van der Waals surface area (Å²) in [4.78, 5) is 0. The zero-order valence-electron chi connectivity index (χ0n) is 11.2. The molecular weight excluding hydrogens is 200 g/mol. The maximum Gasteiger partial charge on any atom is 0.0683 e. The zero-order valence-corrected chi connectivity index (χ0v) is 11.2. The quantitative estimate of drug-likeness (QED) is 0.615. The molecule has 0 fully saturated rings. The minimum atomic E-state index is -0.191. The molecule has 0 heterocycles. The van der Waals surface area contributed by atoms with Crippen molar-refractivity contribution in [2.75, 3.05) is 20.3 Å². The molecule has 1 unspecified atom stereocenters. The predicted molar refractivity (Wildman–Crippen MR) is 67.2 cm³/mol. The third kappa shape index (κ3) is 7.67. The molecule has 0 aromatic carbocycles. The van der Waals surface area contributed by atoms with Crippen molar-refractivity contribution in [3.8, 4) is 6.07 Å². The van der Waals surface area contributed by atoms with Crippen molar-refractivity contribution < 1.29 is 4.74 Å². The number of ether oxygens (including phenoxy) is 1. The smallest absolute Gasteiger partial charge is 0.0683 e. The first-order chi connectivity index (χ1) is 7.55. The molecule has 1 atom stereocenters. The summed E-state index contributed by atoms with van der Waals surface area (Å²) in [7, 11) is 1.74. The van der Waals surface area contributed by atoms with E-state index in [0.29, 0.717) is 6.04 Å². The summed E-state index contributed by atoms with van der Waals surface area (Å²) in [6, 6.07) is 2.79. The standard InChI is InChI=1S/C13H26N2O/c1-5-7-12(10-16-4)15-9-6-8-13(2,3)11-14/h12,15H,5-10H2,1-4H3. The molecule has 0 aromatic rings. The second kappa shape index (κ2) is 8.55. The van der Waals surface area contributed by atoms with E-state index in [0.717, 1.165) is 32.4 Å². The molecule has 3 heteroatoms. The number of hydrogen-bond donors (Lipinski definition) is 1. The van der Waals surface area contributed by atoms with Crippen molar-refractivity contribution in [1.29, 1.82) is 5.26 Å². The average molecular weight is 226 g/mol. The van der Waals surface area contributed by atoms with Gasteiger partial charge in [0.15, 0.2) is 0 Å². The lowest BCUT2D eigenvalue weighted by Gasteiger charge is -2.19. The summed E-state index contributed by atoms with van der Waals surface area (Å²) in [5.41, 5.74) is -0.191. The molecule has 0 saturated carbocycles. The van der Waals surface area contributed by atoms with E-state index >= 15 is 0 Å². The van der Waals surface area contributed by atoms with Crippen LogP contribution in [0.5, 0.6) is 0 Å². The highest BCUT2D eigenvalue weighted by Crippen LogP contribution is 2.19. The van der Waals surface area contributed by atoms with Gasteiger partial charge in [-0.3, -0.25) is 0 Å². The second-order valence-corrected chi connectivity index (χ2v) is 4.99. The third-order valence-electron chi connectivity index (χ3n) is 2.72. The molecule has 0 bridgehead atoms. The van der Waals surface area contributed by atoms with Gasteiger partial charge in [-0.25, -0.2) is 0 Å². The third-order valence-corrected chi connectivity index (χ3v) is 2.72. The lowest BCUT2D eigenvalue weighted by atomic mass is 9.90. The van der Waals surface area contributed by atoms with Crippen LogP contribution in [0.4, 0.5) is 0 Å². The van der Waals surface area contributed by atoms with Gasteiger partial charge in [0.2, 0.25) is 0 Å². The first kappa shape index (κ1) is 15.4. The van der Waals surface area contributed by atoms with Crippen LogP contribution in [0.2, 0.25) is 0 Å². The molecule has 0 aliphatic heterocycles. The van der Waals surface area contributed by atoms with Gasteiger partial charge in [0.1, 0.15) is 0 Å². The van der Waals surface area contributed by atoms with E-state index in [-0.39, 0.29) is 5.41 Å². The Kier molecular flexibility index (Phi) is 8.23. The summed E-state index contributed by atoms with van der Waals surface area (Å²) in [6.45, 7) is 7.91. The van der Waals surface area contributed by atoms with Gasteiger partial charge in [-0.15, -0.1) is 0 Å². The highest BCUT2D eigenvalue weighted by Gasteiger charge is 2.15. The number of nitrogens with one attached hydrogen (secondary N) is 1. The van der Waals surface area contributed by atoms with Gasteiger partial charge in [0.05, 0.1) is 18.1 Å². The molecule has 1 N–H and O–H groups in total. The van der Waals surface area contributed by atoms with Crippen LogP contribution in [0.3, 0.4) is 0 Å². The highest BCUT2D eigenvalue weighted by molar-refractivity contribution is 4.91. The number of methoxy groups -OCH3 is 1. The van der Waals surface area contributed by atoms with E-state index in [1.54, 1.807) is 7.11 Å². The van der Waals surface area contributed by atoms with Gasteiger partial charge in [-0.05, 0) is 39.7 Å². The van der Waals surface area contributed by atoms with Gasteiger partial charge in [0, 0.05) is 13.2 Å². The van der Waals surface area contributed by atoms with Crippen LogP contribution in [0.15, 0.2) is 0 Å². The number of nitriles is 1. The van der Waals surface area contributed by atoms with Gasteiger partial charge in [-0.2, -0.15) is 5.26 Å². The fourth-order valence-corrected chi connectivity index (χ4v) is 1.69. The molecule has 16 heavy (non-hydrogen) atoms. The monoisotopic (exact) mass is 226 g/mol. The maximum absolute atomic E-state index is 8.88. The molecule has 0 spiro atoms. The molecular formula is C13H26N2O. The maximum atomic E-state index is 8.88. The fourth-order valence-electron chi connectivity index (χ4n) is 1.69. The van der Waals surface area contributed by atoms with Gasteiger partial charge in [-0.1, -0.05) is 13.3 Å². The van der Waals surface area contributed by atoms with Crippen molar-refractivity contribution in [3.05, 3.63) is 0 Å². The Morgan fingerprint density at radius 2 is 2.12 bits per heavy atom. The number of nitrogens with zero attached hydrogens (tertiary/aromatic N) is 1. The molecule has 0 radical (unpaired) electrons. The Bertz CT molecular complexity index is 202. The molecule has 0 saturated heterocycles. The van der Waals surface area contributed by atoms with Crippen LogP contribution < -0.4 is 5.32 Å². The minimum absolute atomic E-state index is 0.191. The summed E-state index contributed by atoms with van der Waals surface area (Å²) in [6.07, 6.45) is 4.31. The van der Waals surface area contributed by atoms with Crippen LogP contribution >= 0.6 is 0 Å². The van der Waals surface area contributed by atoms with E-state index in [1.165, 1.54) is 6.42 Å². The Labute approximate surface area is 100 Å². The summed E-state index contributed by atoms with van der Waals surface area (Å²) >= 11 is 0. The van der Waals surface area contributed by atoms with Crippen LogP contribution in [-0.2, 0) is 4.74 Å². The van der Waals surface area contributed by atoms with Crippen LogP contribution in [0.25, 0.3) is 0 Å². The van der Waals surface area contributed by atoms with Crippen LogP contribution in [0.1, 0.15) is 46.5 Å². The highest BCUT2D eigenvalue weighted by atomic mass is 16.5. The predicted octanol–water partition coefficient (Wildman–Crippen LogP) is 2.72. The fraction of sp³-hybridized carbons (Fsp3) is 0.923. The van der Waals surface area contributed by atoms with E-state index in [2.05, 4.69) is 18.3 Å². The van der Waals surface area contributed by atoms with Crippen LogP contribution in [0, 0.1) is 16.7 Å². The molecule has 94 valence electrons. The van der Waals surface area contributed by atoms with Crippen molar-refractivity contribution in [2.24, 2.45) is 5.41 Å². The Hall–Kier alpha value is -0.590. The van der Waals surface area contributed by atoms with Crippen molar-refractivity contribution in [2.45, 2.75) is 52.5 Å². The molecule has 0 aliphatic rings. The molecule has 0 aliphatic carbocycles. The Morgan fingerprint density at radius 1 is 1.44 bits per heavy atom. The Balaban J connectivity index is 3.66. The summed E-state index contributed by atoms with van der Waals surface area (Å²) in [5, 5.41) is 12.4. The number of hydrogen-bond acceptors (Lipinski definition) is 3. The summed E-state index contributed by atoms with van der Waals surface area (Å²) < 4.78 is 5.16. The largest absolute Gasteiger partial charge is 0.383 e. The lowest BCUT2D eigenvalue weighted by Crippen LogP contribution is -2.34. The zero-order chi connectivity index (χ0) is 12.4. The summed E-state index contributed by atoms with van der Waals surface area (Å²) in [5.74, 6) is 0. The Morgan fingerprint density at radius 3 is 2.62 bits per heavy atom. The molecule has 0 aromatic heterocycles. The average Bonchev–Trinajstić information content (AvgIpc) is 2.25. The molecule has 0 amide bonds. The van der Waals surface area contributed by atoms with E-state index in [1.807, 2.05) is 13.8 Å². The van der Waals surface area contributed by atoms with Gasteiger partial charge >= 0.3 is 0 Å². The normalized spacial score (nSPS) is 13.4. The van der Waals surface area contributed by atoms with Crippen molar-refractivity contribution in [1.82, 2.24) is 5.32 Å². The van der Waals surface area contributed by atoms with E-state index in [4.69, 9.17) is 10.00 Å². The second-order valence-electron chi connectivity index (χ2n) is 4.99. The first-order valence-electron chi connectivity index (χ1n) is 6.19. The topological polar surface area (TPSA) is 45.0 Å². The molecule has 0 rings (SSSR count).